The third kappa shape index (κ3) is 3.93. The smallest absolute Gasteiger partial charge is 0.263 e. The number of amides is 1. The Labute approximate surface area is 127 Å². The minimum absolute atomic E-state index is 0.147. The standard InChI is InChI=1S/C13H17N3O3S2/c1-8-3-4-9-10(7-8)20-12(11(9)14)13(17)15-5-6-16-21(2,18)19/h3-4,7,16H,5-6,14H2,1-2H3,(H,15,17). The summed E-state index contributed by atoms with van der Waals surface area (Å²) in [6.07, 6.45) is 1.07. The van der Waals surface area contributed by atoms with Gasteiger partial charge < -0.3 is 11.1 Å². The van der Waals surface area contributed by atoms with Crippen LogP contribution in [0.2, 0.25) is 0 Å². The summed E-state index contributed by atoms with van der Waals surface area (Å²) in [6, 6.07) is 5.83. The van der Waals surface area contributed by atoms with Crippen LogP contribution in [0, 0.1) is 6.92 Å². The zero-order valence-corrected chi connectivity index (χ0v) is 13.4. The number of nitrogens with one attached hydrogen (secondary N) is 2. The van der Waals surface area contributed by atoms with E-state index in [9.17, 15) is 13.2 Å². The zero-order chi connectivity index (χ0) is 15.6. The molecular formula is C13H17N3O3S2. The van der Waals surface area contributed by atoms with Crippen molar-refractivity contribution in [2.24, 2.45) is 0 Å². The van der Waals surface area contributed by atoms with E-state index in [1.807, 2.05) is 25.1 Å². The van der Waals surface area contributed by atoms with Crippen LogP contribution in [0.15, 0.2) is 18.2 Å². The summed E-state index contributed by atoms with van der Waals surface area (Å²) in [5.74, 6) is -0.290. The summed E-state index contributed by atoms with van der Waals surface area (Å²) in [5, 5.41) is 3.52. The fourth-order valence-electron chi connectivity index (χ4n) is 1.89. The molecule has 0 radical (unpaired) electrons. The Bertz CT molecular complexity index is 781. The number of nitrogens with two attached hydrogens (primary N) is 1. The second kappa shape index (κ2) is 6.00. The summed E-state index contributed by atoms with van der Waals surface area (Å²) >= 11 is 1.33. The molecule has 1 heterocycles. The third-order valence-corrected chi connectivity index (χ3v) is 4.76. The quantitative estimate of drug-likeness (QED) is 0.715. The largest absolute Gasteiger partial charge is 0.397 e. The van der Waals surface area contributed by atoms with Gasteiger partial charge in [-0.2, -0.15) is 0 Å². The number of anilines is 1. The fraction of sp³-hybridized carbons (Fsp3) is 0.308. The van der Waals surface area contributed by atoms with Gasteiger partial charge in [0.1, 0.15) is 4.88 Å². The molecule has 21 heavy (non-hydrogen) atoms. The Hall–Kier alpha value is -1.64. The summed E-state index contributed by atoms with van der Waals surface area (Å²) in [7, 11) is -3.24. The van der Waals surface area contributed by atoms with E-state index in [2.05, 4.69) is 10.0 Å². The van der Waals surface area contributed by atoms with Crippen LogP contribution in [0.25, 0.3) is 10.1 Å². The lowest BCUT2D eigenvalue weighted by Gasteiger charge is -2.04. The van der Waals surface area contributed by atoms with Gasteiger partial charge in [0.05, 0.1) is 11.9 Å². The maximum absolute atomic E-state index is 12.1. The Morgan fingerprint density at radius 3 is 2.71 bits per heavy atom. The van der Waals surface area contributed by atoms with Gasteiger partial charge in [-0.3, -0.25) is 4.79 Å². The molecule has 114 valence electrons. The summed E-state index contributed by atoms with van der Waals surface area (Å²) in [4.78, 5) is 12.5. The number of carbonyl (C=O) groups excluding carboxylic acids is 1. The Balaban J connectivity index is 2.07. The zero-order valence-electron chi connectivity index (χ0n) is 11.8. The molecule has 0 aliphatic rings. The molecule has 1 aromatic heterocycles. The van der Waals surface area contributed by atoms with E-state index in [1.54, 1.807) is 0 Å². The molecule has 0 bridgehead atoms. The van der Waals surface area contributed by atoms with Crippen LogP contribution < -0.4 is 15.8 Å². The number of thiophene rings is 1. The number of rotatable bonds is 5. The van der Waals surface area contributed by atoms with Gasteiger partial charge in [0.15, 0.2) is 0 Å². The lowest BCUT2D eigenvalue weighted by Crippen LogP contribution is -2.34. The van der Waals surface area contributed by atoms with E-state index in [4.69, 9.17) is 5.73 Å². The molecule has 0 unspecified atom stereocenters. The first kappa shape index (κ1) is 15.7. The Morgan fingerprint density at radius 2 is 2.05 bits per heavy atom. The molecule has 0 aliphatic carbocycles. The fourth-order valence-corrected chi connectivity index (χ4v) is 3.50. The van der Waals surface area contributed by atoms with E-state index in [0.717, 1.165) is 21.9 Å². The molecule has 1 aromatic carbocycles. The van der Waals surface area contributed by atoms with Crippen molar-refractivity contribution < 1.29 is 13.2 Å². The first-order chi connectivity index (χ1) is 9.78. The van der Waals surface area contributed by atoms with Crippen LogP contribution >= 0.6 is 11.3 Å². The highest BCUT2D eigenvalue weighted by atomic mass is 32.2. The third-order valence-electron chi connectivity index (χ3n) is 2.86. The first-order valence-electron chi connectivity index (χ1n) is 6.29. The molecule has 8 heteroatoms. The van der Waals surface area contributed by atoms with Crippen molar-refractivity contribution in [3.8, 4) is 0 Å². The highest BCUT2D eigenvalue weighted by molar-refractivity contribution is 7.88. The Morgan fingerprint density at radius 1 is 1.33 bits per heavy atom. The van der Waals surface area contributed by atoms with Crippen molar-refractivity contribution in [2.45, 2.75) is 6.92 Å². The molecule has 0 spiro atoms. The lowest BCUT2D eigenvalue weighted by atomic mass is 10.1. The van der Waals surface area contributed by atoms with Crippen molar-refractivity contribution in [1.82, 2.24) is 10.0 Å². The van der Waals surface area contributed by atoms with Gasteiger partial charge in [0.2, 0.25) is 10.0 Å². The van der Waals surface area contributed by atoms with E-state index in [0.29, 0.717) is 10.6 Å². The Kier molecular flexibility index (Phi) is 4.50. The second-order valence-electron chi connectivity index (χ2n) is 4.77. The number of hydrogen-bond donors (Lipinski definition) is 3. The highest BCUT2D eigenvalue weighted by Crippen LogP contribution is 2.33. The number of sulfonamides is 1. The molecule has 0 atom stereocenters. The lowest BCUT2D eigenvalue weighted by molar-refractivity contribution is 0.0959. The van der Waals surface area contributed by atoms with E-state index < -0.39 is 10.0 Å². The SMILES string of the molecule is Cc1ccc2c(N)c(C(=O)NCCNS(C)(=O)=O)sc2c1. The number of carbonyl (C=O) groups is 1. The molecule has 6 nitrogen and oxygen atoms in total. The van der Waals surface area contributed by atoms with Crippen LogP contribution in [0.4, 0.5) is 5.69 Å². The molecule has 0 fully saturated rings. The predicted octanol–water partition coefficient (Wildman–Crippen LogP) is 1.07. The van der Waals surface area contributed by atoms with Crippen molar-refractivity contribution >= 4 is 43.0 Å². The summed E-state index contributed by atoms with van der Waals surface area (Å²) in [6.45, 7) is 2.33. The molecule has 0 aliphatic heterocycles. The van der Waals surface area contributed by atoms with Crippen molar-refractivity contribution in [3.63, 3.8) is 0 Å². The number of fused-ring (bicyclic) bond motifs is 1. The molecule has 0 saturated carbocycles. The summed E-state index contributed by atoms with van der Waals surface area (Å²) < 4.78 is 25.1. The predicted molar refractivity (Wildman–Crippen MR) is 86.2 cm³/mol. The van der Waals surface area contributed by atoms with Gasteiger partial charge in [0.25, 0.3) is 5.91 Å². The first-order valence-corrected chi connectivity index (χ1v) is 9.00. The van der Waals surface area contributed by atoms with Crippen LogP contribution in [0.1, 0.15) is 15.2 Å². The van der Waals surface area contributed by atoms with Gasteiger partial charge in [-0.1, -0.05) is 12.1 Å². The van der Waals surface area contributed by atoms with Crippen LogP contribution in [-0.4, -0.2) is 33.7 Å². The monoisotopic (exact) mass is 327 g/mol. The number of aryl methyl sites for hydroxylation is 1. The van der Waals surface area contributed by atoms with Crippen LogP contribution in [0.5, 0.6) is 0 Å². The van der Waals surface area contributed by atoms with Crippen molar-refractivity contribution in [2.75, 3.05) is 25.1 Å². The molecule has 0 saturated heterocycles. The minimum Gasteiger partial charge on any atom is -0.397 e. The van der Waals surface area contributed by atoms with Crippen LogP contribution in [-0.2, 0) is 10.0 Å². The maximum Gasteiger partial charge on any atom is 0.263 e. The van der Waals surface area contributed by atoms with Gasteiger partial charge in [-0.15, -0.1) is 11.3 Å². The molecule has 1 amide bonds. The minimum atomic E-state index is -3.24. The molecule has 2 aromatic rings. The second-order valence-corrected chi connectivity index (χ2v) is 7.65. The van der Waals surface area contributed by atoms with Gasteiger partial charge in [0, 0.05) is 23.2 Å². The average Bonchev–Trinajstić information content (AvgIpc) is 2.70. The van der Waals surface area contributed by atoms with E-state index >= 15 is 0 Å². The van der Waals surface area contributed by atoms with E-state index in [-0.39, 0.29) is 19.0 Å². The maximum atomic E-state index is 12.1. The van der Waals surface area contributed by atoms with Gasteiger partial charge in [-0.05, 0) is 18.6 Å². The molecule has 2 rings (SSSR count). The van der Waals surface area contributed by atoms with Gasteiger partial charge >= 0.3 is 0 Å². The van der Waals surface area contributed by atoms with Crippen molar-refractivity contribution in [1.29, 1.82) is 0 Å². The molecular weight excluding hydrogens is 310 g/mol. The van der Waals surface area contributed by atoms with Crippen LogP contribution in [0.3, 0.4) is 0 Å². The number of hydrogen-bond acceptors (Lipinski definition) is 5. The number of nitrogen functional groups attached to an aromatic ring is 1. The normalized spacial score (nSPS) is 11.7. The highest BCUT2D eigenvalue weighted by Gasteiger charge is 2.16. The number of benzene rings is 1. The summed E-state index contributed by atoms with van der Waals surface area (Å²) in [5.41, 5.74) is 7.57. The average molecular weight is 327 g/mol. The van der Waals surface area contributed by atoms with E-state index in [1.165, 1.54) is 11.3 Å². The topological polar surface area (TPSA) is 101 Å². The van der Waals surface area contributed by atoms with Gasteiger partial charge in [-0.25, -0.2) is 13.1 Å². The molecule has 4 N–H and O–H groups in total. The van der Waals surface area contributed by atoms with Crippen molar-refractivity contribution in [3.05, 3.63) is 28.6 Å².